The predicted molar refractivity (Wildman–Crippen MR) is 95.3 cm³/mol. The van der Waals surface area contributed by atoms with Crippen LogP contribution < -0.4 is 5.73 Å². The summed E-state index contributed by atoms with van der Waals surface area (Å²) in [6, 6.07) is 6.79. The third-order valence-corrected chi connectivity index (χ3v) is 4.75. The van der Waals surface area contributed by atoms with Crippen molar-refractivity contribution < 1.29 is 36.3 Å². The van der Waals surface area contributed by atoms with E-state index in [0.29, 0.717) is 23.1 Å². The molecule has 0 aromatic heterocycles. The molecule has 2 amide bonds. The molecule has 0 saturated carbocycles. The molecule has 3 rings (SSSR count). The van der Waals surface area contributed by atoms with Crippen LogP contribution in [0.25, 0.3) is 0 Å². The highest BCUT2D eigenvalue weighted by Crippen LogP contribution is 2.38. The number of rotatable bonds is 5. The van der Waals surface area contributed by atoms with Crippen LogP contribution in [-0.2, 0) is 16.0 Å². The van der Waals surface area contributed by atoms with Gasteiger partial charge in [0.15, 0.2) is 0 Å². The monoisotopic (exact) mass is 428 g/mol. The van der Waals surface area contributed by atoms with E-state index in [2.05, 4.69) is 0 Å². The molecule has 1 aliphatic rings. The van der Waals surface area contributed by atoms with E-state index in [1.54, 1.807) is 30.3 Å². The summed E-state index contributed by atoms with van der Waals surface area (Å²) in [4.78, 5) is 25.4. The SMILES string of the molecule is N[C@H](C(=O)N1C(=O)OCC1Cc1ccccc1)C(c1cc(F)cc(F)c1)C(F)(F)F. The molecular weight excluding hydrogens is 411 g/mol. The highest BCUT2D eigenvalue weighted by molar-refractivity contribution is 5.97. The number of cyclic esters (lactones) is 1. The van der Waals surface area contributed by atoms with Crippen molar-refractivity contribution in [1.82, 2.24) is 4.90 Å². The maximum atomic E-state index is 13.7. The number of halogens is 5. The van der Waals surface area contributed by atoms with E-state index in [9.17, 15) is 31.5 Å². The zero-order chi connectivity index (χ0) is 22.1. The topological polar surface area (TPSA) is 72.6 Å². The molecule has 0 bridgehead atoms. The smallest absolute Gasteiger partial charge is 0.417 e. The zero-order valence-corrected chi connectivity index (χ0v) is 15.4. The number of benzene rings is 2. The van der Waals surface area contributed by atoms with E-state index < -0.39 is 53.4 Å². The molecule has 2 aromatic rings. The Balaban J connectivity index is 1.90. The third kappa shape index (κ3) is 4.59. The number of hydrogen-bond donors (Lipinski definition) is 1. The second-order valence-corrected chi connectivity index (χ2v) is 6.88. The first-order chi connectivity index (χ1) is 14.1. The van der Waals surface area contributed by atoms with E-state index in [-0.39, 0.29) is 13.0 Å². The summed E-state index contributed by atoms with van der Waals surface area (Å²) >= 11 is 0. The normalized spacial score (nSPS) is 18.8. The Bertz CT molecular complexity index is 916. The zero-order valence-electron chi connectivity index (χ0n) is 15.4. The molecule has 0 spiro atoms. The molecule has 1 fully saturated rings. The molecule has 2 unspecified atom stereocenters. The van der Waals surface area contributed by atoms with Crippen LogP contribution in [0, 0.1) is 11.6 Å². The lowest BCUT2D eigenvalue weighted by Crippen LogP contribution is -2.53. The van der Waals surface area contributed by atoms with Gasteiger partial charge in [-0.25, -0.2) is 18.5 Å². The van der Waals surface area contributed by atoms with Gasteiger partial charge in [0, 0.05) is 6.07 Å². The van der Waals surface area contributed by atoms with E-state index in [1.165, 1.54) is 0 Å². The van der Waals surface area contributed by atoms with Crippen LogP contribution in [-0.4, -0.2) is 41.8 Å². The lowest BCUT2D eigenvalue weighted by Gasteiger charge is -2.29. The minimum atomic E-state index is -5.10. The van der Waals surface area contributed by atoms with Crippen molar-refractivity contribution in [2.24, 2.45) is 5.73 Å². The van der Waals surface area contributed by atoms with Crippen molar-refractivity contribution in [3.63, 3.8) is 0 Å². The van der Waals surface area contributed by atoms with Gasteiger partial charge in [-0.05, 0) is 29.7 Å². The van der Waals surface area contributed by atoms with Crippen LogP contribution in [0.4, 0.5) is 26.7 Å². The average Bonchev–Trinajstić information content (AvgIpc) is 3.00. The number of imide groups is 1. The van der Waals surface area contributed by atoms with E-state index in [0.717, 1.165) is 5.56 Å². The van der Waals surface area contributed by atoms with Crippen LogP contribution in [0.3, 0.4) is 0 Å². The molecule has 5 nitrogen and oxygen atoms in total. The molecule has 1 saturated heterocycles. The van der Waals surface area contributed by atoms with E-state index >= 15 is 0 Å². The standard InChI is InChI=1S/C20H17F5N2O3/c21-13-7-12(8-14(22)9-13)16(20(23,24)25)17(26)18(28)27-15(10-30-19(27)29)6-11-4-2-1-3-5-11/h1-5,7-9,15-17H,6,10,26H2/t15?,16?,17-/m0/s1. The summed E-state index contributed by atoms with van der Waals surface area (Å²) in [7, 11) is 0. The minimum absolute atomic E-state index is 0.149. The highest BCUT2D eigenvalue weighted by atomic mass is 19.4. The van der Waals surface area contributed by atoms with Gasteiger partial charge in [-0.1, -0.05) is 30.3 Å². The van der Waals surface area contributed by atoms with Gasteiger partial charge < -0.3 is 10.5 Å². The molecule has 0 aliphatic carbocycles. The van der Waals surface area contributed by atoms with Gasteiger partial charge in [0.25, 0.3) is 0 Å². The fourth-order valence-corrected chi connectivity index (χ4v) is 3.42. The van der Waals surface area contributed by atoms with Gasteiger partial charge in [-0.3, -0.25) is 4.79 Å². The van der Waals surface area contributed by atoms with Crippen molar-refractivity contribution >= 4 is 12.0 Å². The summed E-state index contributed by atoms with van der Waals surface area (Å²) < 4.78 is 72.9. The molecule has 0 radical (unpaired) electrons. The van der Waals surface area contributed by atoms with Crippen molar-refractivity contribution in [3.8, 4) is 0 Å². The Morgan fingerprint density at radius 3 is 2.30 bits per heavy atom. The van der Waals surface area contributed by atoms with Crippen LogP contribution in [0.5, 0.6) is 0 Å². The molecular formula is C20H17F5N2O3. The van der Waals surface area contributed by atoms with Crippen LogP contribution in [0.1, 0.15) is 17.0 Å². The molecule has 160 valence electrons. The van der Waals surface area contributed by atoms with Crippen molar-refractivity contribution in [1.29, 1.82) is 0 Å². The first-order valence-electron chi connectivity index (χ1n) is 8.90. The van der Waals surface area contributed by atoms with Gasteiger partial charge in [-0.15, -0.1) is 0 Å². The number of ether oxygens (including phenoxy) is 1. The van der Waals surface area contributed by atoms with Crippen LogP contribution in [0.15, 0.2) is 48.5 Å². The number of nitrogens with two attached hydrogens (primary N) is 1. The lowest BCUT2D eigenvalue weighted by molar-refractivity contribution is -0.163. The first-order valence-corrected chi connectivity index (χ1v) is 8.90. The second kappa shape index (κ2) is 8.39. The van der Waals surface area contributed by atoms with Crippen molar-refractivity contribution in [3.05, 3.63) is 71.3 Å². The number of amides is 2. The van der Waals surface area contributed by atoms with Crippen LogP contribution >= 0.6 is 0 Å². The Kier molecular flexibility index (Phi) is 6.06. The maximum Gasteiger partial charge on any atom is 0.417 e. The molecule has 1 heterocycles. The summed E-state index contributed by atoms with van der Waals surface area (Å²) in [5, 5.41) is 0. The van der Waals surface area contributed by atoms with E-state index in [1.807, 2.05) is 0 Å². The lowest BCUT2D eigenvalue weighted by atomic mass is 9.89. The fraction of sp³-hybridized carbons (Fsp3) is 0.300. The Morgan fingerprint density at radius 1 is 1.13 bits per heavy atom. The fourth-order valence-electron chi connectivity index (χ4n) is 3.42. The second-order valence-electron chi connectivity index (χ2n) is 6.88. The number of alkyl halides is 3. The van der Waals surface area contributed by atoms with Gasteiger partial charge in [0.05, 0.1) is 6.04 Å². The molecule has 3 atom stereocenters. The maximum absolute atomic E-state index is 13.7. The predicted octanol–water partition coefficient (Wildman–Crippen LogP) is 3.53. The van der Waals surface area contributed by atoms with Gasteiger partial charge in [-0.2, -0.15) is 13.2 Å². The molecule has 10 heteroatoms. The van der Waals surface area contributed by atoms with Crippen molar-refractivity contribution in [2.45, 2.75) is 30.6 Å². The summed E-state index contributed by atoms with van der Waals surface area (Å²) in [5.74, 6) is -6.56. The Hall–Kier alpha value is -3.01. The number of carbonyl (C=O) groups is 2. The highest BCUT2D eigenvalue weighted by Gasteiger charge is 2.51. The Labute approximate surface area is 168 Å². The first kappa shape index (κ1) is 21.7. The Morgan fingerprint density at radius 2 is 1.73 bits per heavy atom. The third-order valence-electron chi connectivity index (χ3n) is 4.75. The van der Waals surface area contributed by atoms with Gasteiger partial charge in [0.1, 0.15) is 30.2 Å². The summed E-state index contributed by atoms with van der Waals surface area (Å²) in [6.07, 6.45) is -6.08. The largest absolute Gasteiger partial charge is 0.447 e. The van der Waals surface area contributed by atoms with Gasteiger partial charge >= 0.3 is 12.3 Å². The minimum Gasteiger partial charge on any atom is -0.447 e. The summed E-state index contributed by atoms with van der Waals surface area (Å²) in [6.45, 7) is -0.211. The van der Waals surface area contributed by atoms with Crippen LogP contribution in [0.2, 0.25) is 0 Å². The number of hydrogen-bond acceptors (Lipinski definition) is 4. The number of nitrogens with zero attached hydrogens (tertiary/aromatic N) is 1. The van der Waals surface area contributed by atoms with Gasteiger partial charge in [0.2, 0.25) is 5.91 Å². The average molecular weight is 428 g/mol. The summed E-state index contributed by atoms with van der Waals surface area (Å²) in [5.41, 5.74) is 5.49. The molecule has 2 aromatic carbocycles. The number of carbonyl (C=O) groups excluding carboxylic acids is 2. The quantitative estimate of drug-likeness (QED) is 0.740. The molecule has 2 N–H and O–H groups in total. The molecule has 1 aliphatic heterocycles. The van der Waals surface area contributed by atoms with E-state index in [4.69, 9.17) is 10.5 Å². The van der Waals surface area contributed by atoms with Crippen molar-refractivity contribution in [2.75, 3.05) is 6.61 Å². The molecule has 30 heavy (non-hydrogen) atoms.